The fourth-order valence-electron chi connectivity index (χ4n) is 1.64. The predicted molar refractivity (Wildman–Crippen MR) is 77.5 cm³/mol. The molecule has 0 bridgehead atoms. The molecule has 0 atom stereocenters. The minimum absolute atomic E-state index is 0.398. The third-order valence-electron chi connectivity index (χ3n) is 2.61. The number of carboxylic acids is 1. The molecule has 0 aliphatic rings. The molecule has 0 spiro atoms. The van der Waals surface area contributed by atoms with Gasteiger partial charge in [0.15, 0.2) is 0 Å². The van der Waals surface area contributed by atoms with E-state index < -0.39 is 5.97 Å². The number of hydrogen-bond acceptors (Lipinski definition) is 3. The summed E-state index contributed by atoms with van der Waals surface area (Å²) in [6, 6.07) is 7.82. The number of rotatable bonds is 4. The standard InChI is InChI=1S/C13H12BrNO2S/c1-8-2-3-10(14)6-11(8)15-7-9-4-5-18-12(9)13(16)17/h2-6,15H,7H2,1H3,(H,16,17). The molecule has 2 rings (SSSR count). The van der Waals surface area contributed by atoms with Crippen molar-refractivity contribution in [3.05, 3.63) is 50.1 Å². The summed E-state index contributed by atoms with van der Waals surface area (Å²) in [5, 5.41) is 14.1. The van der Waals surface area contributed by atoms with Gasteiger partial charge in [-0.15, -0.1) is 11.3 Å². The van der Waals surface area contributed by atoms with E-state index in [1.165, 1.54) is 11.3 Å². The van der Waals surface area contributed by atoms with Crippen molar-refractivity contribution in [1.29, 1.82) is 0 Å². The van der Waals surface area contributed by atoms with Gasteiger partial charge in [-0.25, -0.2) is 4.79 Å². The van der Waals surface area contributed by atoms with Crippen molar-refractivity contribution in [3.63, 3.8) is 0 Å². The molecule has 3 nitrogen and oxygen atoms in total. The number of aromatic carboxylic acids is 1. The molecular weight excluding hydrogens is 314 g/mol. The number of thiophene rings is 1. The maximum atomic E-state index is 11.0. The van der Waals surface area contributed by atoms with Crippen LogP contribution in [0.2, 0.25) is 0 Å². The van der Waals surface area contributed by atoms with Gasteiger partial charge in [-0.1, -0.05) is 22.0 Å². The fraction of sp³-hybridized carbons (Fsp3) is 0.154. The van der Waals surface area contributed by atoms with Crippen LogP contribution in [-0.4, -0.2) is 11.1 Å². The summed E-state index contributed by atoms with van der Waals surface area (Å²) < 4.78 is 0.999. The van der Waals surface area contributed by atoms with Crippen molar-refractivity contribution in [2.45, 2.75) is 13.5 Å². The Morgan fingerprint density at radius 1 is 1.44 bits per heavy atom. The molecule has 1 aromatic carbocycles. The van der Waals surface area contributed by atoms with Crippen LogP contribution < -0.4 is 5.32 Å². The van der Waals surface area contributed by atoms with Gasteiger partial charge in [0.05, 0.1) is 0 Å². The highest BCUT2D eigenvalue weighted by atomic mass is 79.9. The van der Waals surface area contributed by atoms with Crippen LogP contribution in [0.5, 0.6) is 0 Å². The molecule has 0 amide bonds. The first kappa shape index (κ1) is 13.1. The number of carbonyl (C=O) groups is 1. The molecule has 0 saturated carbocycles. The highest BCUT2D eigenvalue weighted by Crippen LogP contribution is 2.23. The van der Waals surface area contributed by atoms with Crippen molar-refractivity contribution in [2.24, 2.45) is 0 Å². The Balaban J connectivity index is 2.14. The molecule has 2 N–H and O–H groups in total. The van der Waals surface area contributed by atoms with Crippen LogP contribution >= 0.6 is 27.3 Å². The average molecular weight is 326 g/mol. The van der Waals surface area contributed by atoms with Gasteiger partial charge in [-0.2, -0.15) is 0 Å². The second kappa shape index (κ2) is 5.54. The summed E-state index contributed by atoms with van der Waals surface area (Å²) >= 11 is 4.67. The number of hydrogen-bond donors (Lipinski definition) is 2. The zero-order chi connectivity index (χ0) is 13.1. The molecule has 0 aliphatic heterocycles. The number of anilines is 1. The molecule has 0 radical (unpaired) electrons. The quantitative estimate of drug-likeness (QED) is 0.888. The maximum absolute atomic E-state index is 11.0. The molecule has 94 valence electrons. The van der Waals surface area contributed by atoms with E-state index in [9.17, 15) is 4.79 Å². The van der Waals surface area contributed by atoms with Gasteiger partial charge < -0.3 is 10.4 Å². The van der Waals surface area contributed by atoms with E-state index in [-0.39, 0.29) is 0 Å². The van der Waals surface area contributed by atoms with E-state index in [2.05, 4.69) is 21.2 Å². The monoisotopic (exact) mass is 325 g/mol. The van der Waals surface area contributed by atoms with Gasteiger partial charge in [-0.05, 0) is 41.6 Å². The van der Waals surface area contributed by atoms with Crippen LogP contribution in [-0.2, 0) is 6.54 Å². The van der Waals surface area contributed by atoms with Gasteiger partial charge in [0.2, 0.25) is 0 Å². The molecule has 0 unspecified atom stereocenters. The fourth-order valence-corrected chi connectivity index (χ4v) is 2.76. The molecule has 2 aromatic rings. The van der Waals surface area contributed by atoms with Crippen LogP contribution in [0.15, 0.2) is 34.1 Å². The Hall–Kier alpha value is -1.33. The number of carboxylic acid groups (broad SMARTS) is 1. The molecule has 1 heterocycles. The summed E-state index contributed by atoms with van der Waals surface area (Å²) in [6.07, 6.45) is 0. The number of halogens is 1. The highest BCUT2D eigenvalue weighted by Gasteiger charge is 2.11. The smallest absolute Gasteiger partial charge is 0.346 e. The van der Waals surface area contributed by atoms with Crippen LogP contribution in [0.3, 0.4) is 0 Å². The van der Waals surface area contributed by atoms with Gasteiger partial charge in [0, 0.05) is 16.7 Å². The minimum Gasteiger partial charge on any atom is -0.477 e. The Morgan fingerprint density at radius 2 is 2.22 bits per heavy atom. The molecule has 0 saturated heterocycles. The van der Waals surface area contributed by atoms with Crippen molar-refractivity contribution in [1.82, 2.24) is 0 Å². The average Bonchev–Trinajstić information content (AvgIpc) is 2.79. The number of benzene rings is 1. The molecule has 0 aliphatic carbocycles. The van der Waals surface area contributed by atoms with Crippen molar-refractivity contribution in [2.75, 3.05) is 5.32 Å². The van der Waals surface area contributed by atoms with Crippen molar-refractivity contribution >= 4 is 38.9 Å². The van der Waals surface area contributed by atoms with Crippen LogP contribution in [0.1, 0.15) is 20.8 Å². The lowest BCUT2D eigenvalue weighted by Crippen LogP contribution is -2.04. The zero-order valence-electron chi connectivity index (χ0n) is 9.74. The van der Waals surface area contributed by atoms with E-state index in [1.54, 1.807) is 5.38 Å². The largest absolute Gasteiger partial charge is 0.477 e. The Kier molecular flexibility index (Phi) is 4.04. The van der Waals surface area contributed by atoms with Gasteiger partial charge >= 0.3 is 5.97 Å². The Morgan fingerprint density at radius 3 is 2.94 bits per heavy atom. The lowest BCUT2D eigenvalue weighted by molar-refractivity contribution is 0.0701. The molecule has 1 aromatic heterocycles. The third-order valence-corrected chi connectivity index (χ3v) is 4.05. The normalized spacial score (nSPS) is 10.3. The Bertz CT molecular complexity index is 580. The first-order valence-corrected chi connectivity index (χ1v) is 7.05. The summed E-state index contributed by atoms with van der Waals surface area (Å²) in [7, 11) is 0. The maximum Gasteiger partial charge on any atom is 0.346 e. The van der Waals surface area contributed by atoms with Crippen LogP contribution in [0.25, 0.3) is 0 Å². The highest BCUT2D eigenvalue weighted by molar-refractivity contribution is 9.10. The first-order valence-electron chi connectivity index (χ1n) is 5.37. The van der Waals surface area contributed by atoms with Crippen molar-refractivity contribution < 1.29 is 9.90 Å². The predicted octanol–water partition coefficient (Wildman–Crippen LogP) is 4.13. The summed E-state index contributed by atoms with van der Waals surface area (Å²) in [4.78, 5) is 11.4. The van der Waals surface area contributed by atoms with Crippen LogP contribution in [0, 0.1) is 6.92 Å². The van der Waals surface area contributed by atoms with E-state index in [1.807, 2.05) is 31.2 Å². The minimum atomic E-state index is -0.868. The summed E-state index contributed by atoms with van der Waals surface area (Å²) in [5.74, 6) is -0.868. The molecular formula is C13H12BrNO2S. The van der Waals surface area contributed by atoms with Gasteiger partial charge in [0.25, 0.3) is 0 Å². The van der Waals surface area contributed by atoms with Crippen molar-refractivity contribution in [3.8, 4) is 0 Å². The third kappa shape index (κ3) is 2.91. The number of nitrogens with one attached hydrogen (secondary N) is 1. The molecule has 5 heteroatoms. The SMILES string of the molecule is Cc1ccc(Br)cc1NCc1ccsc1C(=O)O. The second-order valence-electron chi connectivity index (χ2n) is 3.89. The lowest BCUT2D eigenvalue weighted by atomic mass is 10.2. The van der Waals surface area contributed by atoms with E-state index in [0.29, 0.717) is 11.4 Å². The topological polar surface area (TPSA) is 49.3 Å². The van der Waals surface area contributed by atoms with Gasteiger partial charge in [0.1, 0.15) is 4.88 Å². The van der Waals surface area contributed by atoms with E-state index >= 15 is 0 Å². The Labute approximate surface area is 118 Å². The molecule has 18 heavy (non-hydrogen) atoms. The summed E-state index contributed by atoms with van der Waals surface area (Å²) in [5.41, 5.74) is 2.95. The van der Waals surface area contributed by atoms with E-state index in [0.717, 1.165) is 21.3 Å². The zero-order valence-corrected chi connectivity index (χ0v) is 12.1. The second-order valence-corrected chi connectivity index (χ2v) is 5.72. The lowest BCUT2D eigenvalue weighted by Gasteiger charge is -2.09. The first-order chi connectivity index (χ1) is 8.58. The van der Waals surface area contributed by atoms with Gasteiger partial charge in [-0.3, -0.25) is 0 Å². The summed E-state index contributed by atoms with van der Waals surface area (Å²) in [6.45, 7) is 2.53. The van der Waals surface area contributed by atoms with E-state index in [4.69, 9.17) is 5.11 Å². The van der Waals surface area contributed by atoms with Crippen LogP contribution in [0.4, 0.5) is 5.69 Å². The molecule has 0 fully saturated rings. The number of aryl methyl sites for hydroxylation is 1.